The van der Waals surface area contributed by atoms with Gasteiger partial charge >= 0.3 is 0 Å². The normalized spacial score (nSPS) is 13.2. The van der Waals surface area contributed by atoms with E-state index < -0.39 is 5.82 Å². The molecule has 21 heavy (non-hydrogen) atoms. The van der Waals surface area contributed by atoms with Crippen LogP contribution in [0.3, 0.4) is 0 Å². The summed E-state index contributed by atoms with van der Waals surface area (Å²) in [5, 5.41) is 0.141. The fourth-order valence-corrected chi connectivity index (χ4v) is 2.65. The van der Waals surface area contributed by atoms with Crippen LogP contribution in [0.25, 0.3) is 0 Å². The molecular formula is C18H21ClFN. The molecule has 0 amide bonds. The van der Waals surface area contributed by atoms with Crippen molar-refractivity contribution in [2.75, 3.05) is 0 Å². The van der Waals surface area contributed by atoms with Gasteiger partial charge in [0, 0.05) is 6.04 Å². The van der Waals surface area contributed by atoms with Gasteiger partial charge in [0.1, 0.15) is 5.82 Å². The third kappa shape index (κ3) is 3.84. The first-order valence-corrected chi connectivity index (χ1v) is 7.46. The van der Waals surface area contributed by atoms with E-state index in [0.717, 1.165) is 11.1 Å². The zero-order valence-electron chi connectivity index (χ0n) is 12.7. The van der Waals surface area contributed by atoms with Gasteiger partial charge in [-0.1, -0.05) is 62.7 Å². The molecule has 0 radical (unpaired) electrons. The van der Waals surface area contributed by atoms with Crippen molar-refractivity contribution in [1.29, 1.82) is 0 Å². The van der Waals surface area contributed by atoms with E-state index in [1.807, 2.05) is 18.2 Å². The van der Waals surface area contributed by atoms with E-state index in [2.05, 4.69) is 32.9 Å². The minimum absolute atomic E-state index is 0.0272. The van der Waals surface area contributed by atoms with Crippen molar-refractivity contribution < 1.29 is 4.39 Å². The van der Waals surface area contributed by atoms with Gasteiger partial charge in [0.2, 0.25) is 0 Å². The first kappa shape index (κ1) is 16.0. The summed E-state index contributed by atoms with van der Waals surface area (Å²) in [4.78, 5) is 0. The van der Waals surface area contributed by atoms with E-state index >= 15 is 0 Å². The minimum Gasteiger partial charge on any atom is -0.324 e. The van der Waals surface area contributed by atoms with E-state index in [1.54, 1.807) is 6.07 Å². The van der Waals surface area contributed by atoms with Crippen LogP contribution in [0.5, 0.6) is 0 Å². The predicted molar refractivity (Wildman–Crippen MR) is 87.2 cm³/mol. The Bertz CT molecular complexity index is 631. The Hall–Kier alpha value is -1.38. The molecule has 0 saturated heterocycles. The molecule has 0 fully saturated rings. The molecule has 1 unspecified atom stereocenters. The molecule has 0 aliphatic heterocycles. The maximum atomic E-state index is 13.5. The largest absolute Gasteiger partial charge is 0.324 e. The van der Waals surface area contributed by atoms with E-state index in [-0.39, 0.29) is 16.5 Å². The summed E-state index contributed by atoms with van der Waals surface area (Å²) in [5.41, 5.74) is 9.58. The van der Waals surface area contributed by atoms with Gasteiger partial charge in [-0.3, -0.25) is 0 Å². The van der Waals surface area contributed by atoms with Crippen LogP contribution in [-0.2, 0) is 11.8 Å². The van der Waals surface area contributed by atoms with Crippen molar-refractivity contribution in [3.8, 4) is 0 Å². The highest BCUT2D eigenvalue weighted by molar-refractivity contribution is 6.30. The van der Waals surface area contributed by atoms with Crippen LogP contribution in [0.15, 0.2) is 42.5 Å². The summed E-state index contributed by atoms with van der Waals surface area (Å²) in [5.74, 6) is -0.398. The van der Waals surface area contributed by atoms with Crippen LogP contribution >= 0.6 is 11.6 Å². The average molecular weight is 306 g/mol. The Balaban J connectivity index is 2.28. The quantitative estimate of drug-likeness (QED) is 0.846. The lowest BCUT2D eigenvalue weighted by atomic mass is 9.81. The molecule has 0 saturated carbocycles. The van der Waals surface area contributed by atoms with Crippen LogP contribution in [0.1, 0.15) is 43.5 Å². The van der Waals surface area contributed by atoms with Gasteiger partial charge in [-0.15, -0.1) is 0 Å². The maximum Gasteiger partial charge on any atom is 0.142 e. The van der Waals surface area contributed by atoms with Gasteiger partial charge in [-0.05, 0) is 40.7 Å². The van der Waals surface area contributed by atoms with Crippen LogP contribution in [0.4, 0.5) is 4.39 Å². The monoisotopic (exact) mass is 305 g/mol. The summed E-state index contributed by atoms with van der Waals surface area (Å²) in [6.07, 6.45) is 0.585. The molecule has 0 spiro atoms. The summed E-state index contributed by atoms with van der Waals surface area (Å²) in [6.45, 7) is 6.50. The van der Waals surface area contributed by atoms with Gasteiger partial charge < -0.3 is 5.73 Å². The van der Waals surface area contributed by atoms with Crippen LogP contribution in [-0.4, -0.2) is 0 Å². The molecule has 1 atom stereocenters. The molecule has 2 aromatic carbocycles. The zero-order chi connectivity index (χ0) is 15.6. The van der Waals surface area contributed by atoms with Crippen LogP contribution < -0.4 is 5.73 Å². The average Bonchev–Trinajstić information content (AvgIpc) is 2.42. The summed E-state index contributed by atoms with van der Waals surface area (Å²) < 4.78 is 13.5. The van der Waals surface area contributed by atoms with Crippen molar-refractivity contribution in [3.63, 3.8) is 0 Å². The number of hydrogen-bond donors (Lipinski definition) is 1. The first-order chi connectivity index (χ1) is 9.79. The molecule has 2 aromatic rings. The third-order valence-electron chi connectivity index (χ3n) is 3.61. The van der Waals surface area contributed by atoms with Crippen molar-refractivity contribution in [3.05, 3.63) is 70.0 Å². The highest BCUT2D eigenvalue weighted by Crippen LogP contribution is 2.30. The van der Waals surface area contributed by atoms with E-state index in [4.69, 9.17) is 17.3 Å². The second-order valence-corrected chi connectivity index (χ2v) is 6.80. The molecule has 1 nitrogen and oxygen atoms in total. The minimum atomic E-state index is -0.398. The maximum absolute atomic E-state index is 13.5. The fourth-order valence-electron chi connectivity index (χ4n) is 2.53. The predicted octanol–water partition coefficient (Wildman–Crippen LogP) is 5.02. The van der Waals surface area contributed by atoms with Gasteiger partial charge in [-0.2, -0.15) is 0 Å². The van der Waals surface area contributed by atoms with Crippen molar-refractivity contribution >= 4 is 11.6 Å². The zero-order valence-corrected chi connectivity index (χ0v) is 13.4. The third-order valence-corrected chi connectivity index (χ3v) is 3.91. The Morgan fingerprint density at radius 2 is 1.81 bits per heavy atom. The SMILES string of the molecule is CC(C)(C)c1ccccc1C(N)Cc1ccc(Cl)c(F)c1. The smallest absolute Gasteiger partial charge is 0.142 e. The molecule has 0 aliphatic rings. The van der Waals surface area contributed by atoms with Crippen molar-refractivity contribution in [1.82, 2.24) is 0 Å². The van der Waals surface area contributed by atoms with Gasteiger partial charge in [0.25, 0.3) is 0 Å². The van der Waals surface area contributed by atoms with Crippen molar-refractivity contribution in [2.45, 2.75) is 38.6 Å². The number of hydrogen-bond acceptors (Lipinski definition) is 1. The van der Waals surface area contributed by atoms with E-state index in [1.165, 1.54) is 11.6 Å². The van der Waals surface area contributed by atoms with Crippen LogP contribution in [0.2, 0.25) is 5.02 Å². The molecule has 112 valence electrons. The van der Waals surface area contributed by atoms with E-state index in [9.17, 15) is 4.39 Å². The van der Waals surface area contributed by atoms with Gasteiger partial charge in [0.05, 0.1) is 5.02 Å². The standard InChI is InChI=1S/C18H21ClFN/c1-18(2,3)14-7-5-4-6-13(14)17(21)11-12-8-9-15(19)16(20)10-12/h4-10,17H,11,21H2,1-3H3. The Kier molecular flexibility index (Phi) is 4.70. The molecular weight excluding hydrogens is 285 g/mol. The van der Waals surface area contributed by atoms with Gasteiger partial charge in [-0.25, -0.2) is 4.39 Å². The number of rotatable bonds is 3. The fraction of sp³-hybridized carbons (Fsp3) is 0.333. The van der Waals surface area contributed by atoms with Crippen LogP contribution in [0, 0.1) is 5.82 Å². The summed E-state index contributed by atoms with van der Waals surface area (Å²) >= 11 is 5.71. The topological polar surface area (TPSA) is 26.0 Å². The molecule has 2 N–H and O–H groups in total. The lowest BCUT2D eigenvalue weighted by Crippen LogP contribution is -2.21. The second kappa shape index (κ2) is 6.17. The lowest BCUT2D eigenvalue weighted by molar-refractivity contribution is 0.568. The number of halogens is 2. The summed E-state index contributed by atoms with van der Waals surface area (Å²) in [7, 11) is 0. The molecule has 0 bridgehead atoms. The number of benzene rings is 2. The molecule has 2 rings (SSSR count). The molecule has 3 heteroatoms. The number of nitrogens with two attached hydrogens (primary N) is 1. The molecule has 0 aromatic heterocycles. The Morgan fingerprint density at radius 3 is 2.43 bits per heavy atom. The molecule has 0 aliphatic carbocycles. The van der Waals surface area contributed by atoms with E-state index in [0.29, 0.717) is 6.42 Å². The Morgan fingerprint density at radius 1 is 1.14 bits per heavy atom. The lowest BCUT2D eigenvalue weighted by Gasteiger charge is -2.26. The van der Waals surface area contributed by atoms with Crippen molar-refractivity contribution in [2.24, 2.45) is 5.73 Å². The molecule has 0 heterocycles. The first-order valence-electron chi connectivity index (χ1n) is 7.08. The summed E-state index contributed by atoms with van der Waals surface area (Å²) in [6, 6.07) is 12.9. The highest BCUT2D eigenvalue weighted by atomic mass is 35.5. The second-order valence-electron chi connectivity index (χ2n) is 6.40. The Labute approximate surface area is 130 Å². The highest BCUT2D eigenvalue weighted by Gasteiger charge is 2.20. The van der Waals surface area contributed by atoms with Gasteiger partial charge in [0.15, 0.2) is 0 Å².